The van der Waals surface area contributed by atoms with Gasteiger partial charge in [-0.1, -0.05) is 38.5 Å². The third-order valence-corrected chi connectivity index (χ3v) is 4.72. The Hall–Kier alpha value is -0.0800. The third kappa shape index (κ3) is 3.21. The molecule has 0 aromatic carbocycles. The zero-order chi connectivity index (χ0) is 11.3. The van der Waals surface area contributed by atoms with Crippen LogP contribution in [0.15, 0.2) is 0 Å². The molecule has 0 unspecified atom stereocenters. The van der Waals surface area contributed by atoms with Crippen LogP contribution in [0.3, 0.4) is 0 Å². The molecule has 0 aromatic heterocycles. The van der Waals surface area contributed by atoms with Crippen molar-refractivity contribution in [3.05, 3.63) is 0 Å². The van der Waals surface area contributed by atoms with Crippen LogP contribution in [0, 0.1) is 5.41 Å². The van der Waals surface area contributed by atoms with Crippen molar-refractivity contribution in [2.24, 2.45) is 11.1 Å². The summed E-state index contributed by atoms with van der Waals surface area (Å²) >= 11 is 0. The molecule has 2 nitrogen and oxygen atoms in total. The SMILES string of the molecule is NCC1(CNC2CCCCC2)CCCCC1. The van der Waals surface area contributed by atoms with Crippen LogP contribution in [0.5, 0.6) is 0 Å². The minimum Gasteiger partial charge on any atom is -0.330 e. The van der Waals surface area contributed by atoms with E-state index in [0.29, 0.717) is 5.41 Å². The van der Waals surface area contributed by atoms with Gasteiger partial charge in [0.15, 0.2) is 0 Å². The van der Waals surface area contributed by atoms with Crippen molar-refractivity contribution < 1.29 is 0 Å². The Morgan fingerprint density at radius 2 is 1.56 bits per heavy atom. The number of rotatable bonds is 4. The molecular formula is C14H28N2. The van der Waals surface area contributed by atoms with Gasteiger partial charge in [-0.3, -0.25) is 0 Å². The van der Waals surface area contributed by atoms with Crippen molar-refractivity contribution in [1.29, 1.82) is 0 Å². The summed E-state index contributed by atoms with van der Waals surface area (Å²) in [6.45, 7) is 2.06. The third-order valence-electron chi connectivity index (χ3n) is 4.72. The van der Waals surface area contributed by atoms with Crippen LogP contribution in [0.2, 0.25) is 0 Å². The molecule has 0 amide bonds. The topological polar surface area (TPSA) is 38.0 Å². The van der Waals surface area contributed by atoms with Crippen LogP contribution < -0.4 is 11.1 Å². The second-order valence-corrected chi connectivity index (χ2v) is 5.98. The van der Waals surface area contributed by atoms with E-state index in [1.54, 1.807) is 0 Å². The maximum Gasteiger partial charge on any atom is 0.00673 e. The van der Waals surface area contributed by atoms with Gasteiger partial charge in [0.1, 0.15) is 0 Å². The zero-order valence-corrected chi connectivity index (χ0v) is 10.6. The monoisotopic (exact) mass is 224 g/mol. The lowest BCUT2D eigenvalue weighted by molar-refractivity contribution is 0.178. The molecular weight excluding hydrogens is 196 g/mol. The predicted molar refractivity (Wildman–Crippen MR) is 69.4 cm³/mol. The van der Waals surface area contributed by atoms with Crippen LogP contribution in [0.25, 0.3) is 0 Å². The maximum atomic E-state index is 6.01. The fraction of sp³-hybridized carbons (Fsp3) is 1.00. The summed E-state index contributed by atoms with van der Waals surface area (Å²) in [5, 5.41) is 3.80. The van der Waals surface area contributed by atoms with Crippen LogP contribution in [-0.2, 0) is 0 Å². The Kier molecular flexibility index (Phi) is 4.66. The van der Waals surface area contributed by atoms with E-state index in [4.69, 9.17) is 5.73 Å². The molecule has 3 N–H and O–H groups in total. The van der Waals surface area contributed by atoms with Crippen molar-refractivity contribution in [3.8, 4) is 0 Å². The Bertz CT molecular complexity index is 191. The van der Waals surface area contributed by atoms with Crippen molar-refractivity contribution >= 4 is 0 Å². The van der Waals surface area contributed by atoms with Gasteiger partial charge in [-0.2, -0.15) is 0 Å². The first-order chi connectivity index (χ1) is 7.85. The summed E-state index contributed by atoms with van der Waals surface area (Å²) in [4.78, 5) is 0. The lowest BCUT2D eigenvalue weighted by Crippen LogP contribution is -2.45. The van der Waals surface area contributed by atoms with Crippen molar-refractivity contribution in [3.63, 3.8) is 0 Å². The van der Waals surface area contributed by atoms with E-state index in [1.165, 1.54) is 70.8 Å². The predicted octanol–water partition coefficient (Wildman–Crippen LogP) is 2.82. The average Bonchev–Trinajstić information content (AvgIpc) is 2.39. The molecule has 0 spiro atoms. The molecule has 0 radical (unpaired) electrons. The fourth-order valence-corrected chi connectivity index (χ4v) is 3.42. The highest BCUT2D eigenvalue weighted by Gasteiger charge is 2.31. The first-order valence-corrected chi connectivity index (χ1v) is 7.28. The number of hydrogen-bond donors (Lipinski definition) is 2. The highest BCUT2D eigenvalue weighted by atomic mass is 14.9. The number of nitrogens with one attached hydrogen (secondary N) is 1. The Labute approximate surface area is 100 Å². The molecule has 16 heavy (non-hydrogen) atoms. The quantitative estimate of drug-likeness (QED) is 0.770. The molecule has 2 rings (SSSR count). The smallest absolute Gasteiger partial charge is 0.00673 e. The number of hydrogen-bond acceptors (Lipinski definition) is 2. The molecule has 0 atom stereocenters. The molecule has 0 aromatic rings. The highest BCUT2D eigenvalue weighted by molar-refractivity contribution is 4.87. The average molecular weight is 224 g/mol. The lowest BCUT2D eigenvalue weighted by atomic mass is 9.74. The van der Waals surface area contributed by atoms with Crippen LogP contribution in [0.4, 0.5) is 0 Å². The molecule has 2 heteroatoms. The Morgan fingerprint density at radius 3 is 2.19 bits per heavy atom. The summed E-state index contributed by atoms with van der Waals surface area (Å²) in [7, 11) is 0. The van der Waals surface area contributed by atoms with Gasteiger partial charge < -0.3 is 11.1 Å². The van der Waals surface area contributed by atoms with E-state index >= 15 is 0 Å². The molecule has 0 bridgehead atoms. The van der Waals surface area contributed by atoms with Gasteiger partial charge >= 0.3 is 0 Å². The summed E-state index contributed by atoms with van der Waals surface area (Å²) in [6.07, 6.45) is 14.0. The van der Waals surface area contributed by atoms with Gasteiger partial charge in [-0.25, -0.2) is 0 Å². The molecule has 94 valence electrons. The van der Waals surface area contributed by atoms with Crippen LogP contribution >= 0.6 is 0 Å². The fourth-order valence-electron chi connectivity index (χ4n) is 3.42. The molecule has 2 aliphatic carbocycles. The molecule has 2 fully saturated rings. The summed E-state index contributed by atoms with van der Waals surface area (Å²) in [5.41, 5.74) is 6.45. The largest absolute Gasteiger partial charge is 0.330 e. The minimum atomic E-state index is 0.440. The minimum absolute atomic E-state index is 0.440. The van der Waals surface area contributed by atoms with E-state index in [1.807, 2.05) is 0 Å². The molecule has 2 aliphatic rings. The normalized spacial score (nSPS) is 26.8. The second-order valence-electron chi connectivity index (χ2n) is 5.98. The second kappa shape index (κ2) is 6.02. The molecule has 2 saturated carbocycles. The number of nitrogens with two attached hydrogens (primary N) is 1. The van der Waals surface area contributed by atoms with Gasteiger partial charge in [0.2, 0.25) is 0 Å². The summed E-state index contributed by atoms with van der Waals surface area (Å²) in [5.74, 6) is 0. The first kappa shape index (κ1) is 12.4. The standard InChI is InChI=1S/C14H28N2/c15-11-14(9-5-2-6-10-14)12-16-13-7-3-1-4-8-13/h13,16H,1-12,15H2. The molecule has 0 saturated heterocycles. The van der Waals surface area contributed by atoms with Crippen molar-refractivity contribution in [2.75, 3.05) is 13.1 Å². The molecule has 0 aliphatic heterocycles. The van der Waals surface area contributed by atoms with Crippen LogP contribution in [-0.4, -0.2) is 19.1 Å². The summed E-state index contributed by atoms with van der Waals surface area (Å²) < 4.78 is 0. The molecule has 0 heterocycles. The van der Waals surface area contributed by atoms with Gasteiger partial charge in [-0.15, -0.1) is 0 Å². The lowest BCUT2D eigenvalue weighted by Gasteiger charge is -2.38. The van der Waals surface area contributed by atoms with Gasteiger partial charge in [0, 0.05) is 12.6 Å². The van der Waals surface area contributed by atoms with Gasteiger partial charge in [-0.05, 0) is 37.6 Å². The summed E-state index contributed by atoms with van der Waals surface area (Å²) in [6, 6.07) is 0.791. The van der Waals surface area contributed by atoms with E-state index in [-0.39, 0.29) is 0 Å². The van der Waals surface area contributed by atoms with E-state index < -0.39 is 0 Å². The Balaban J connectivity index is 1.77. The van der Waals surface area contributed by atoms with Crippen molar-refractivity contribution in [2.45, 2.75) is 70.3 Å². The first-order valence-electron chi connectivity index (χ1n) is 7.28. The zero-order valence-electron chi connectivity index (χ0n) is 10.6. The highest BCUT2D eigenvalue weighted by Crippen LogP contribution is 2.35. The van der Waals surface area contributed by atoms with Gasteiger partial charge in [0.05, 0.1) is 0 Å². The van der Waals surface area contributed by atoms with E-state index in [2.05, 4.69) is 5.32 Å². The van der Waals surface area contributed by atoms with E-state index in [9.17, 15) is 0 Å². The maximum absolute atomic E-state index is 6.01. The van der Waals surface area contributed by atoms with E-state index in [0.717, 1.165) is 12.6 Å². The van der Waals surface area contributed by atoms with Crippen LogP contribution in [0.1, 0.15) is 64.2 Å². The Morgan fingerprint density at radius 1 is 0.938 bits per heavy atom. The van der Waals surface area contributed by atoms with Crippen molar-refractivity contribution in [1.82, 2.24) is 5.32 Å². The van der Waals surface area contributed by atoms with Gasteiger partial charge in [0.25, 0.3) is 0 Å².